The van der Waals surface area contributed by atoms with Crippen LogP contribution >= 0.6 is 11.6 Å². The van der Waals surface area contributed by atoms with E-state index in [0.29, 0.717) is 11.6 Å². The van der Waals surface area contributed by atoms with Gasteiger partial charge in [0.05, 0.1) is 7.11 Å². The molecule has 1 saturated heterocycles. The zero-order chi connectivity index (χ0) is 23.1. The number of methoxy groups -OCH3 is 1. The third-order valence-electron chi connectivity index (χ3n) is 4.16. The van der Waals surface area contributed by atoms with Crippen LogP contribution < -0.4 is 4.74 Å². The molecular weight excluding hydrogens is 436 g/mol. The van der Waals surface area contributed by atoms with Crippen LogP contribution in [0.3, 0.4) is 0 Å². The van der Waals surface area contributed by atoms with Gasteiger partial charge in [-0.15, -0.1) is 11.6 Å². The minimum atomic E-state index is -1.52. The molecular formula is C20H23ClO10. The molecule has 1 heterocycles. The molecule has 0 aromatic heterocycles. The third-order valence-corrected chi connectivity index (χ3v) is 4.47. The normalized spacial score (nSPS) is 25.1. The first-order valence-corrected chi connectivity index (χ1v) is 9.76. The SMILES string of the molecule is COC(=O)C1OC(Oc2ccc(CCl)cc2)C(OC(C)=O)C(OC(C)=O)C1OC(C)=O. The Morgan fingerprint density at radius 3 is 1.87 bits per heavy atom. The van der Waals surface area contributed by atoms with Gasteiger partial charge in [-0.25, -0.2) is 4.79 Å². The lowest BCUT2D eigenvalue weighted by Gasteiger charge is -2.43. The Labute approximate surface area is 183 Å². The van der Waals surface area contributed by atoms with E-state index in [2.05, 4.69) is 0 Å². The zero-order valence-corrected chi connectivity index (χ0v) is 18.1. The third kappa shape index (κ3) is 6.56. The Balaban J connectivity index is 2.46. The van der Waals surface area contributed by atoms with Crippen LogP contribution in [0.1, 0.15) is 26.3 Å². The molecule has 10 nitrogen and oxygen atoms in total. The van der Waals surface area contributed by atoms with E-state index >= 15 is 0 Å². The number of carbonyl (C=O) groups excluding carboxylic acids is 4. The topological polar surface area (TPSA) is 124 Å². The predicted molar refractivity (Wildman–Crippen MR) is 104 cm³/mol. The van der Waals surface area contributed by atoms with Gasteiger partial charge in [-0.05, 0) is 17.7 Å². The monoisotopic (exact) mass is 458 g/mol. The van der Waals surface area contributed by atoms with Crippen LogP contribution in [0.15, 0.2) is 24.3 Å². The molecule has 0 N–H and O–H groups in total. The molecule has 31 heavy (non-hydrogen) atoms. The second kappa shape index (κ2) is 11.0. The maximum absolute atomic E-state index is 12.3. The highest BCUT2D eigenvalue weighted by molar-refractivity contribution is 6.17. The minimum absolute atomic E-state index is 0.291. The summed E-state index contributed by atoms with van der Waals surface area (Å²) in [7, 11) is 1.11. The van der Waals surface area contributed by atoms with Crippen molar-refractivity contribution in [2.75, 3.05) is 7.11 Å². The molecule has 170 valence electrons. The summed E-state index contributed by atoms with van der Waals surface area (Å²) < 4.78 is 31.9. The van der Waals surface area contributed by atoms with Gasteiger partial charge >= 0.3 is 23.9 Å². The Morgan fingerprint density at radius 2 is 1.39 bits per heavy atom. The lowest BCUT2D eigenvalue weighted by atomic mass is 9.97. The van der Waals surface area contributed by atoms with Crippen molar-refractivity contribution in [3.63, 3.8) is 0 Å². The highest BCUT2D eigenvalue weighted by Crippen LogP contribution is 2.31. The number of benzene rings is 1. The molecule has 0 amide bonds. The van der Waals surface area contributed by atoms with Gasteiger partial charge in [0.25, 0.3) is 0 Å². The van der Waals surface area contributed by atoms with Crippen LogP contribution in [0, 0.1) is 0 Å². The molecule has 2 rings (SSSR count). The Morgan fingerprint density at radius 1 is 0.871 bits per heavy atom. The van der Waals surface area contributed by atoms with Crippen LogP contribution in [0.5, 0.6) is 5.75 Å². The van der Waals surface area contributed by atoms with Crippen LogP contribution in [-0.2, 0) is 48.7 Å². The van der Waals surface area contributed by atoms with Crippen molar-refractivity contribution in [2.24, 2.45) is 0 Å². The molecule has 0 radical (unpaired) electrons. The van der Waals surface area contributed by atoms with Gasteiger partial charge < -0.3 is 28.4 Å². The van der Waals surface area contributed by atoms with E-state index < -0.39 is 54.6 Å². The Bertz CT molecular complexity index is 809. The first-order chi connectivity index (χ1) is 14.7. The summed E-state index contributed by atoms with van der Waals surface area (Å²) in [5.74, 6) is -2.61. The van der Waals surface area contributed by atoms with E-state index in [1.165, 1.54) is 0 Å². The Kier molecular flexibility index (Phi) is 8.64. The molecule has 5 atom stereocenters. The molecule has 0 spiro atoms. The zero-order valence-electron chi connectivity index (χ0n) is 17.4. The second-order valence-corrected chi connectivity index (χ2v) is 6.83. The van der Waals surface area contributed by atoms with Gasteiger partial charge in [-0.3, -0.25) is 14.4 Å². The predicted octanol–water partition coefficient (Wildman–Crippen LogP) is 1.50. The highest BCUT2D eigenvalue weighted by Gasteiger charge is 2.55. The number of hydrogen-bond donors (Lipinski definition) is 0. The molecule has 0 aliphatic carbocycles. The summed E-state index contributed by atoms with van der Waals surface area (Å²) in [4.78, 5) is 47.5. The molecule has 0 bridgehead atoms. The summed E-state index contributed by atoms with van der Waals surface area (Å²) in [5.41, 5.74) is 0.829. The van der Waals surface area contributed by atoms with Crippen LogP contribution in [0.4, 0.5) is 0 Å². The van der Waals surface area contributed by atoms with Gasteiger partial charge in [0.1, 0.15) is 5.75 Å². The number of alkyl halides is 1. The van der Waals surface area contributed by atoms with Gasteiger partial charge in [0, 0.05) is 26.7 Å². The van der Waals surface area contributed by atoms with E-state index in [-0.39, 0.29) is 0 Å². The van der Waals surface area contributed by atoms with E-state index in [1.807, 2.05) is 0 Å². The number of hydrogen-bond acceptors (Lipinski definition) is 10. The molecule has 11 heteroatoms. The second-order valence-electron chi connectivity index (χ2n) is 6.57. The van der Waals surface area contributed by atoms with Crippen molar-refractivity contribution in [3.8, 4) is 5.75 Å². The number of halogens is 1. The average Bonchev–Trinajstić information content (AvgIpc) is 2.71. The molecule has 1 aromatic carbocycles. The minimum Gasteiger partial charge on any atom is -0.467 e. The van der Waals surface area contributed by atoms with Crippen molar-refractivity contribution >= 4 is 35.5 Å². The van der Waals surface area contributed by atoms with E-state index in [9.17, 15) is 19.2 Å². The van der Waals surface area contributed by atoms with Crippen molar-refractivity contribution in [3.05, 3.63) is 29.8 Å². The summed E-state index contributed by atoms with van der Waals surface area (Å²) in [6.07, 6.45) is -7.13. The quantitative estimate of drug-likeness (QED) is 0.337. The number of rotatable bonds is 7. The average molecular weight is 459 g/mol. The van der Waals surface area contributed by atoms with Crippen LogP contribution in [-0.4, -0.2) is 61.7 Å². The molecule has 1 fully saturated rings. The van der Waals surface area contributed by atoms with Crippen molar-refractivity contribution in [2.45, 2.75) is 57.4 Å². The van der Waals surface area contributed by atoms with E-state index in [1.54, 1.807) is 24.3 Å². The molecule has 5 unspecified atom stereocenters. The number of carbonyl (C=O) groups is 4. The number of esters is 4. The molecule has 1 aromatic rings. The summed E-state index contributed by atoms with van der Waals surface area (Å²) in [6.45, 7) is 3.34. The fourth-order valence-electron chi connectivity index (χ4n) is 2.97. The van der Waals surface area contributed by atoms with Gasteiger partial charge in [-0.1, -0.05) is 12.1 Å². The molecule has 0 saturated carbocycles. The lowest BCUT2D eigenvalue weighted by Crippen LogP contribution is -2.64. The van der Waals surface area contributed by atoms with Crippen molar-refractivity contribution in [1.82, 2.24) is 0 Å². The van der Waals surface area contributed by atoms with Gasteiger partial charge in [0.15, 0.2) is 18.3 Å². The lowest BCUT2D eigenvalue weighted by molar-refractivity contribution is -0.282. The van der Waals surface area contributed by atoms with Crippen LogP contribution in [0.2, 0.25) is 0 Å². The van der Waals surface area contributed by atoms with E-state index in [4.69, 9.17) is 40.0 Å². The maximum Gasteiger partial charge on any atom is 0.339 e. The van der Waals surface area contributed by atoms with Crippen LogP contribution in [0.25, 0.3) is 0 Å². The summed E-state index contributed by atoms with van der Waals surface area (Å²) in [5, 5.41) is 0. The largest absolute Gasteiger partial charge is 0.467 e. The number of ether oxygens (including phenoxy) is 6. The van der Waals surface area contributed by atoms with Gasteiger partial charge in [-0.2, -0.15) is 0 Å². The summed E-state index contributed by atoms with van der Waals surface area (Å²) in [6, 6.07) is 6.60. The summed E-state index contributed by atoms with van der Waals surface area (Å²) >= 11 is 5.78. The smallest absolute Gasteiger partial charge is 0.339 e. The van der Waals surface area contributed by atoms with Gasteiger partial charge in [0.2, 0.25) is 12.4 Å². The highest BCUT2D eigenvalue weighted by atomic mass is 35.5. The maximum atomic E-state index is 12.3. The Hall–Kier alpha value is -2.85. The van der Waals surface area contributed by atoms with Crippen molar-refractivity contribution in [1.29, 1.82) is 0 Å². The molecule has 1 aliphatic rings. The van der Waals surface area contributed by atoms with Crippen molar-refractivity contribution < 1.29 is 47.6 Å². The fraction of sp³-hybridized carbons (Fsp3) is 0.500. The fourth-order valence-corrected chi connectivity index (χ4v) is 3.14. The van der Waals surface area contributed by atoms with E-state index in [0.717, 1.165) is 33.4 Å². The standard InChI is InChI=1S/C20H23ClO10/c1-10(22)27-15-16(28-11(2)23)18(29-12(3)24)20(31-17(15)19(25)26-4)30-14-7-5-13(9-21)6-8-14/h5-8,15-18,20H,9H2,1-4H3. The first-order valence-electron chi connectivity index (χ1n) is 9.22. The molecule has 1 aliphatic heterocycles. The first kappa shape index (κ1) is 24.4.